The van der Waals surface area contributed by atoms with Crippen molar-refractivity contribution in [2.45, 2.75) is 13.5 Å². The molecular formula is C20H19NO2S. The van der Waals surface area contributed by atoms with E-state index in [0.717, 1.165) is 27.6 Å². The van der Waals surface area contributed by atoms with Crippen molar-refractivity contribution in [3.63, 3.8) is 0 Å². The fraction of sp³-hybridized carbons (Fsp3) is 0.150. The molecule has 0 saturated carbocycles. The summed E-state index contributed by atoms with van der Waals surface area (Å²) >= 11 is 1.67. The zero-order valence-electron chi connectivity index (χ0n) is 13.5. The lowest BCUT2D eigenvalue weighted by Gasteiger charge is -2.04. The van der Waals surface area contributed by atoms with Crippen LogP contribution in [0, 0.1) is 6.92 Å². The molecule has 0 fully saturated rings. The Balaban J connectivity index is 1.66. The van der Waals surface area contributed by atoms with Crippen LogP contribution in [0.5, 0.6) is 5.75 Å². The van der Waals surface area contributed by atoms with Crippen molar-refractivity contribution >= 4 is 17.4 Å². The molecule has 24 heavy (non-hydrogen) atoms. The highest BCUT2D eigenvalue weighted by Gasteiger charge is 2.10. The average Bonchev–Trinajstić information content (AvgIpc) is 3.00. The van der Waals surface area contributed by atoms with Crippen LogP contribution in [0.2, 0.25) is 0 Å². The second kappa shape index (κ2) is 7.90. The smallest absolute Gasteiger partial charge is 0.140 e. The van der Waals surface area contributed by atoms with Crippen LogP contribution in [-0.4, -0.2) is 16.7 Å². The number of aromatic nitrogens is 1. The van der Waals surface area contributed by atoms with Crippen molar-refractivity contribution < 1.29 is 9.84 Å². The Labute approximate surface area is 145 Å². The molecule has 1 aromatic heterocycles. The summed E-state index contributed by atoms with van der Waals surface area (Å²) < 4.78 is 5.83. The molecular weight excluding hydrogens is 318 g/mol. The van der Waals surface area contributed by atoms with Crippen molar-refractivity contribution in [1.82, 2.24) is 4.98 Å². The van der Waals surface area contributed by atoms with Gasteiger partial charge in [0.1, 0.15) is 17.4 Å². The molecule has 3 nitrogen and oxygen atoms in total. The van der Waals surface area contributed by atoms with E-state index in [1.54, 1.807) is 17.4 Å². The van der Waals surface area contributed by atoms with E-state index >= 15 is 0 Å². The van der Waals surface area contributed by atoms with Crippen LogP contribution in [0.25, 0.3) is 17.3 Å². The van der Waals surface area contributed by atoms with Crippen molar-refractivity contribution in [2.75, 3.05) is 6.61 Å². The summed E-state index contributed by atoms with van der Waals surface area (Å²) in [6.45, 7) is 2.60. The Morgan fingerprint density at radius 3 is 2.54 bits per heavy atom. The predicted octanol–water partition coefficient (Wildman–Crippen LogP) is 4.70. The summed E-state index contributed by atoms with van der Waals surface area (Å²) in [5.41, 5.74) is 3.20. The molecule has 0 amide bonds. The van der Waals surface area contributed by atoms with Crippen molar-refractivity contribution in [3.8, 4) is 17.0 Å². The zero-order chi connectivity index (χ0) is 16.8. The average molecular weight is 337 g/mol. The third kappa shape index (κ3) is 4.10. The van der Waals surface area contributed by atoms with Crippen molar-refractivity contribution in [2.24, 2.45) is 0 Å². The van der Waals surface area contributed by atoms with Gasteiger partial charge in [0.05, 0.1) is 12.3 Å². The van der Waals surface area contributed by atoms with Crippen molar-refractivity contribution in [3.05, 3.63) is 76.1 Å². The van der Waals surface area contributed by atoms with E-state index in [2.05, 4.69) is 19.1 Å². The number of thiazole rings is 1. The third-order valence-corrected chi connectivity index (χ3v) is 4.49. The van der Waals surface area contributed by atoms with E-state index in [4.69, 9.17) is 14.8 Å². The summed E-state index contributed by atoms with van der Waals surface area (Å²) in [7, 11) is 0. The molecule has 0 spiro atoms. The summed E-state index contributed by atoms with van der Waals surface area (Å²) in [4.78, 5) is 5.91. The normalized spacial score (nSPS) is 11.1. The molecule has 0 atom stereocenters. The Morgan fingerprint density at radius 2 is 1.83 bits per heavy atom. The third-order valence-electron chi connectivity index (χ3n) is 3.55. The summed E-state index contributed by atoms with van der Waals surface area (Å²) in [6.07, 6.45) is 3.58. The van der Waals surface area contributed by atoms with Crippen LogP contribution in [0.15, 0.2) is 60.7 Å². The molecule has 0 saturated heterocycles. The molecule has 3 rings (SSSR count). The second-order valence-electron chi connectivity index (χ2n) is 5.32. The van der Waals surface area contributed by atoms with Gasteiger partial charge in [0.15, 0.2) is 0 Å². The van der Waals surface area contributed by atoms with E-state index in [1.165, 1.54) is 4.88 Å². The van der Waals surface area contributed by atoms with Crippen LogP contribution in [0.1, 0.15) is 15.4 Å². The molecule has 1 heterocycles. The van der Waals surface area contributed by atoms with Crippen LogP contribution in [-0.2, 0) is 6.61 Å². The minimum absolute atomic E-state index is 0.0470. The number of hydrogen-bond acceptors (Lipinski definition) is 4. The maximum atomic E-state index is 8.78. The van der Waals surface area contributed by atoms with Gasteiger partial charge in [0.2, 0.25) is 0 Å². The fourth-order valence-corrected chi connectivity index (χ4v) is 3.25. The van der Waals surface area contributed by atoms with Crippen LogP contribution in [0.4, 0.5) is 0 Å². The minimum Gasteiger partial charge on any atom is -0.486 e. The standard InChI is InChI=1S/C20H19NO2S/c1-15-20(17-7-3-2-4-8-17)21-19(24-15)14-23-18-11-9-16(10-12-18)6-5-13-22/h2-12,22H,13-14H2,1H3. The lowest BCUT2D eigenvalue weighted by molar-refractivity contribution is 0.305. The number of ether oxygens (including phenoxy) is 1. The van der Waals surface area contributed by atoms with Gasteiger partial charge in [-0.15, -0.1) is 11.3 Å². The maximum absolute atomic E-state index is 8.78. The van der Waals surface area contributed by atoms with Gasteiger partial charge >= 0.3 is 0 Å². The number of aryl methyl sites for hydroxylation is 1. The lowest BCUT2D eigenvalue weighted by Crippen LogP contribution is -1.94. The minimum atomic E-state index is 0.0470. The van der Waals surface area contributed by atoms with Crippen LogP contribution < -0.4 is 4.74 Å². The van der Waals surface area contributed by atoms with Gasteiger partial charge in [-0.3, -0.25) is 0 Å². The summed E-state index contributed by atoms with van der Waals surface area (Å²) in [5, 5.41) is 9.75. The Bertz CT molecular complexity index is 807. The molecule has 1 N–H and O–H groups in total. The van der Waals surface area contributed by atoms with E-state index in [9.17, 15) is 0 Å². The number of hydrogen-bond donors (Lipinski definition) is 1. The number of aliphatic hydroxyl groups is 1. The lowest BCUT2D eigenvalue weighted by atomic mass is 10.1. The molecule has 0 aliphatic heterocycles. The molecule has 3 aromatic rings. The molecule has 0 aliphatic rings. The van der Waals surface area contributed by atoms with E-state index in [0.29, 0.717) is 6.61 Å². The van der Waals surface area contributed by atoms with E-state index in [-0.39, 0.29) is 6.61 Å². The summed E-state index contributed by atoms with van der Waals surface area (Å²) in [5.74, 6) is 0.810. The number of nitrogens with zero attached hydrogens (tertiary/aromatic N) is 1. The summed E-state index contributed by atoms with van der Waals surface area (Å²) in [6, 6.07) is 18.0. The number of aliphatic hydroxyl groups excluding tert-OH is 1. The molecule has 0 radical (unpaired) electrons. The second-order valence-corrected chi connectivity index (χ2v) is 6.61. The number of benzene rings is 2. The predicted molar refractivity (Wildman–Crippen MR) is 99.2 cm³/mol. The highest BCUT2D eigenvalue weighted by Crippen LogP contribution is 2.28. The van der Waals surface area contributed by atoms with Gasteiger partial charge < -0.3 is 9.84 Å². The van der Waals surface area contributed by atoms with Gasteiger partial charge in [-0.2, -0.15) is 0 Å². The quantitative estimate of drug-likeness (QED) is 0.709. The highest BCUT2D eigenvalue weighted by molar-refractivity contribution is 7.12. The molecule has 0 unspecified atom stereocenters. The van der Waals surface area contributed by atoms with Gasteiger partial charge in [-0.25, -0.2) is 4.98 Å². The van der Waals surface area contributed by atoms with Gasteiger partial charge in [0.25, 0.3) is 0 Å². The van der Waals surface area contributed by atoms with Crippen LogP contribution >= 0.6 is 11.3 Å². The topological polar surface area (TPSA) is 42.4 Å². The Kier molecular flexibility index (Phi) is 5.41. The first-order chi connectivity index (χ1) is 11.8. The largest absolute Gasteiger partial charge is 0.486 e. The van der Waals surface area contributed by atoms with Gasteiger partial charge in [0, 0.05) is 10.4 Å². The first-order valence-corrected chi connectivity index (χ1v) is 8.60. The Hall–Kier alpha value is -2.43. The first-order valence-electron chi connectivity index (χ1n) is 7.78. The monoisotopic (exact) mass is 337 g/mol. The van der Waals surface area contributed by atoms with E-state index < -0.39 is 0 Å². The number of rotatable bonds is 6. The molecule has 0 aliphatic carbocycles. The van der Waals surface area contributed by atoms with Gasteiger partial charge in [-0.1, -0.05) is 54.6 Å². The molecule has 2 aromatic carbocycles. The molecule has 122 valence electrons. The SMILES string of the molecule is Cc1sc(COc2ccc(C=CCO)cc2)nc1-c1ccccc1. The van der Waals surface area contributed by atoms with E-state index in [1.807, 2.05) is 48.5 Å². The first kappa shape index (κ1) is 16.4. The van der Waals surface area contributed by atoms with Crippen LogP contribution in [0.3, 0.4) is 0 Å². The fourth-order valence-electron chi connectivity index (χ4n) is 2.39. The maximum Gasteiger partial charge on any atom is 0.140 e. The molecule has 4 heteroatoms. The highest BCUT2D eigenvalue weighted by atomic mass is 32.1. The zero-order valence-corrected chi connectivity index (χ0v) is 14.3. The Morgan fingerprint density at radius 1 is 1.08 bits per heavy atom. The van der Waals surface area contributed by atoms with Gasteiger partial charge in [-0.05, 0) is 24.6 Å². The van der Waals surface area contributed by atoms with Crippen molar-refractivity contribution in [1.29, 1.82) is 0 Å². The molecule has 0 bridgehead atoms.